The van der Waals surface area contributed by atoms with E-state index in [1.165, 1.54) is 11.3 Å². The molecule has 0 radical (unpaired) electrons. The molecule has 0 aliphatic rings. The summed E-state index contributed by atoms with van der Waals surface area (Å²) in [7, 11) is 0. The average molecular weight is 494 g/mol. The van der Waals surface area contributed by atoms with Gasteiger partial charge in [0.2, 0.25) is 5.91 Å². The summed E-state index contributed by atoms with van der Waals surface area (Å²) in [5.41, 5.74) is 4.36. The van der Waals surface area contributed by atoms with E-state index in [-0.39, 0.29) is 11.8 Å². The van der Waals surface area contributed by atoms with Gasteiger partial charge < -0.3 is 10.6 Å². The fourth-order valence-electron chi connectivity index (χ4n) is 3.58. The number of nitrogens with one attached hydrogen (secondary N) is 2. The van der Waals surface area contributed by atoms with Crippen molar-refractivity contribution in [2.75, 3.05) is 10.6 Å². The standard InChI is InChI=1S/C25H24ClN5O2S/c1-14-12-15(2)31(30-14)17(4)23(32)29-21-11-10-19(13-20(21)26)28-24(33)22-16(3)27-25(34-22)18-8-6-5-7-9-18/h5-13,17H,1-4H3,(H,28,33)(H,29,32)/t17-/m0/s1. The number of anilines is 2. The molecule has 0 unspecified atom stereocenters. The van der Waals surface area contributed by atoms with Crippen molar-refractivity contribution < 1.29 is 9.59 Å². The number of rotatable bonds is 6. The topological polar surface area (TPSA) is 88.9 Å². The Hall–Kier alpha value is -3.49. The number of aryl methyl sites for hydroxylation is 3. The maximum absolute atomic E-state index is 12.9. The first-order chi connectivity index (χ1) is 16.2. The van der Waals surface area contributed by atoms with Crippen LogP contribution in [0.4, 0.5) is 11.4 Å². The highest BCUT2D eigenvalue weighted by atomic mass is 35.5. The highest BCUT2D eigenvalue weighted by molar-refractivity contribution is 7.17. The number of benzene rings is 2. The van der Waals surface area contributed by atoms with Crippen LogP contribution < -0.4 is 10.6 Å². The molecule has 2 heterocycles. The predicted molar refractivity (Wildman–Crippen MR) is 137 cm³/mol. The van der Waals surface area contributed by atoms with E-state index in [2.05, 4.69) is 20.7 Å². The number of hydrogen-bond donors (Lipinski definition) is 2. The molecule has 0 aliphatic heterocycles. The van der Waals surface area contributed by atoms with Crippen molar-refractivity contribution in [2.45, 2.75) is 33.7 Å². The lowest BCUT2D eigenvalue weighted by Crippen LogP contribution is -2.25. The molecule has 9 heteroatoms. The van der Waals surface area contributed by atoms with E-state index in [0.717, 1.165) is 22.0 Å². The van der Waals surface area contributed by atoms with E-state index >= 15 is 0 Å². The predicted octanol–water partition coefficient (Wildman–Crippen LogP) is 6.04. The largest absolute Gasteiger partial charge is 0.323 e. The summed E-state index contributed by atoms with van der Waals surface area (Å²) in [6.07, 6.45) is 0. The van der Waals surface area contributed by atoms with Crippen molar-refractivity contribution in [3.63, 3.8) is 0 Å². The van der Waals surface area contributed by atoms with Crippen LogP contribution in [0.2, 0.25) is 5.02 Å². The molecule has 4 rings (SSSR count). The number of hydrogen-bond acceptors (Lipinski definition) is 5. The second-order valence-corrected chi connectivity index (χ2v) is 9.39. The zero-order valence-corrected chi connectivity index (χ0v) is 20.8. The quantitative estimate of drug-likeness (QED) is 0.343. The van der Waals surface area contributed by atoms with Crippen molar-refractivity contribution in [1.29, 1.82) is 0 Å². The van der Waals surface area contributed by atoms with Gasteiger partial charge in [-0.05, 0) is 52.0 Å². The molecule has 7 nitrogen and oxygen atoms in total. The zero-order valence-electron chi connectivity index (χ0n) is 19.2. The number of nitrogens with zero attached hydrogens (tertiary/aromatic N) is 3. The van der Waals surface area contributed by atoms with Crippen LogP contribution >= 0.6 is 22.9 Å². The number of carbonyl (C=O) groups is 2. The van der Waals surface area contributed by atoms with Crippen LogP contribution in [0.1, 0.15) is 39.7 Å². The smallest absolute Gasteiger partial charge is 0.267 e. The molecule has 4 aromatic rings. The summed E-state index contributed by atoms with van der Waals surface area (Å²) >= 11 is 7.74. The van der Waals surface area contributed by atoms with E-state index in [0.29, 0.717) is 27.0 Å². The van der Waals surface area contributed by atoms with E-state index in [1.807, 2.05) is 57.2 Å². The maximum Gasteiger partial charge on any atom is 0.267 e. The van der Waals surface area contributed by atoms with Gasteiger partial charge >= 0.3 is 0 Å². The SMILES string of the molecule is Cc1cc(C)n([C@@H](C)C(=O)Nc2ccc(NC(=O)c3sc(-c4ccccc4)nc3C)cc2Cl)n1. The van der Waals surface area contributed by atoms with Crippen molar-refractivity contribution >= 4 is 46.1 Å². The average Bonchev–Trinajstić information content (AvgIpc) is 3.36. The summed E-state index contributed by atoms with van der Waals surface area (Å²) in [5.74, 6) is -0.498. The third-order valence-electron chi connectivity index (χ3n) is 5.30. The summed E-state index contributed by atoms with van der Waals surface area (Å²) in [6, 6.07) is 16.1. The van der Waals surface area contributed by atoms with E-state index in [9.17, 15) is 9.59 Å². The minimum atomic E-state index is -0.503. The van der Waals surface area contributed by atoms with Crippen LogP contribution in [-0.4, -0.2) is 26.6 Å². The number of amides is 2. The third kappa shape index (κ3) is 5.03. The number of carbonyl (C=O) groups excluding carboxylic acids is 2. The Balaban J connectivity index is 1.45. The number of halogens is 1. The van der Waals surface area contributed by atoms with E-state index in [4.69, 9.17) is 11.6 Å². The molecule has 2 aromatic heterocycles. The van der Waals surface area contributed by atoms with Gasteiger partial charge in [-0.3, -0.25) is 14.3 Å². The van der Waals surface area contributed by atoms with Gasteiger partial charge in [0.15, 0.2) is 0 Å². The van der Waals surface area contributed by atoms with Crippen LogP contribution in [0.5, 0.6) is 0 Å². The molecule has 0 saturated heterocycles. The molecule has 1 atom stereocenters. The van der Waals surface area contributed by atoms with Crippen LogP contribution in [0, 0.1) is 20.8 Å². The van der Waals surface area contributed by atoms with Gasteiger partial charge in [-0.2, -0.15) is 5.10 Å². The molecule has 0 aliphatic carbocycles. The monoisotopic (exact) mass is 493 g/mol. The van der Waals surface area contributed by atoms with Gasteiger partial charge in [0.05, 0.1) is 22.1 Å². The second-order valence-electron chi connectivity index (χ2n) is 7.99. The first-order valence-electron chi connectivity index (χ1n) is 10.7. The number of thiazole rings is 1. The van der Waals surface area contributed by atoms with E-state index in [1.54, 1.807) is 29.8 Å². The molecular weight excluding hydrogens is 470 g/mol. The summed E-state index contributed by atoms with van der Waals surface area (Å²) < 4.78 is 1.67. The Morgan fingerprint density at radius 1 is 1.03 bits per heavy atom. The Morgan fingerprint density at radius 2 is 1.76 bits per heavy atom. The van der Waals surface area contributed by atoms with Crippen molar-refractivity contribution in [3.8, 4) is 10.6 Å². The highest BCUT2D eigenvalue weighted by Gasteiger charge is 2.20. The fraction of sp³-hybridized carbons (Fsp3) is 0.200. The van der Waals surface area contributed by atoms with Crippen molar-refractivity contribution in [2.24, 2.45) is 0 Å². The lowest BCUT2D eigenvalue weighted by molar-refractivity contribution is -0.119. The molecule has 2 N–H and O–H groups in total. The summed E-state index contributed by atoms with van der Waals surface area (Å²) in [5, 5.41) is 11.2. The molecule has 2 amide bonds. The molecular formula is C25H24ClN5O2S. The molecule has 0 fully saturated rings. The normalized spacial score (nSPS) is 11.8. The molecule has 34 heavy (non-hydrogen) atoms. The van der Waals surface area contributed by atoms with Gasteiger partial charge in [-0.1, -0.05) is 41.9 Å². The molecule has 0 saturated carbocycles. The van der Waals surface area contributed by atoms with Gasteiger partial charge in [-0.25, -0.2) is 4.98 Å². The first kappa shape index (κ1) is 23.7. The number of aromatic nitrogens is 3. The molecule has 174 valence electrons. The van der Waals surface area contributed by atoms with Crippen LogP contribution in [0.3, 0.4) is 0 Å². The lowest BCUT2D eigenvalue weighted by Gasteiger charge is -2.15. The first-order valence-corrected chi connectivity index (χ1v) is 11.9. The Bertz CT molecular complexity index is 1360. The Labute approximate surface area is 206 Å². The van der Waals surface area contributed by atoms with Crippen molar-refractivity contribution in [1.82, 2.24) is 14.8 Å². The highest BCUT2D eigenvalue weighted by Crippen LogP contribution is 2.30. The van der Waals surface area contributed by atoms with Gasteiger partial charge in [0, 0.05) is 16.9 Å². The molecule has 0 spiro atoms. The minimum Gasteiger partial charge on any atom is -0.323 e. The molecule has 2 aromatic carbocycles. The maximum atomic E-state index is 12.9. The van der Waals surface area contributed by atoms with E-state index < -0.39 is 6.04 Å². The summed E-state index contributed by atoms with van der Waals surface area (Å²) in [6.45, 7) is 7.38. The second kappa shape index (κ2) is 9.79. The van der Waals surface area contributed by atoms with Crippen LogP contribution in [0.15, 0.2) is 54.6 Å². The fourth-order valence-corrected chi connectivity index (χ4v) is 4.77. The minimum absolute atomic E-state index is 0.237. The zero-order chi connectivity index (χ0) is 24.4. The molecule has 0 bridgehead atoms. The third-order valence-corrected chi connectivity index (χ3v) is 6.82. The Morgan fingerprint density at radius 3 is 2.41 bits per heavy atom. The lowest BCUT2D eigenvalue weighted by atomic mass is 10.2. The van der Waals surface area contributed by atoms with Crippen LogP contribution in [-0.2, 0) is 4.79 Å². The summed E-state index contributed by atoms with van der Waals surface area (Å²) in [4.78, 5) is 30.7. The van der Waals surface area contributed by atoms with Crippen LogP contribution in [0.25, 0.3) is 10.6 Å². The van der Waals surface area contributed by atoms with Gasteiger partial charge in [0.1, 0.15) is 15.9 Å². The van der Waals surface area contributed by atoms with Gasteiger partial charge in [-0.15, -0.1) is 11.3 Å². The van der Waals surface area contributed by atoms with Crippen molar-refractivity contribution in [3.05, 3.63) is 81.6 Å². The Kier molecular flexibility index (Phi) is 6.81. The van der Waals surface area contributed by atoms with Gasteiger partial charge in [0.25, 0.3) is 5.91 Å².